The molecule has 0 aromatic heterocycles. The zero-order valence-corrected chi connectivity index (χ0v) is 11.5. The summed E-state index contributed by atoms with van der Waals surface area (Å²) in [7, 11) is 0. The van der Waals surface area contributed by atoms with Crippen molar-refractivity contribution in [1.29, 1.82) is 0 Å². The van der Waals surface area contributed by atoms with Crippen molar-refractivity contribution in [2.24, 2.45) is 0 Å². The van der Waals surface area contributed by atoms with Crippen LogP contribution in [0.2, 0.25) is 0 Å². The Morgan fingerprint density at radius 2 is 1.88 bits per heavy atom. The van der Waals surface area contributed by atoms with Crippen molar-refractivity contribution in [3.8, 4) is 0 Å². The maximum atomic E-state index is 5.77. The van der Waals surface area contributed by atoms with Gasteiger partial charge < -0.3 is 10.1 Å². The molecule has 96 valence electrons. The van der Waals surface area contributed by atoms with E-state index >= 15 is 0 Å². The van der Waals surface area contributed by atoms with Crippen LogP contribution >= 0.6 is 0 Å². The van der Waals surface area contributed by atoms with Gasteiger partial charge >= 0.3 is 0 Å². The van der Waals surface area contributed by atoms with E-state index in [1.54, 1.807) is 0 Å². The monoisotopic (exact) mass is 235 g/mol. The van der Waals surface area contributed by atoms with E-state index in [4.69, 9.17) is 4.74 Å². The molecule has 1 unspecified atom stereocenters. The highest BCUT2D eigenvalue weighted by atomic mass is 16.5. The molecule has 0 spiro atoms. The summed E-state index contributed by atoms with van der Waals surface area (Å²) in [6.45, 7) is 10.2. The Hall–Kier alpha value is -0.860. The van der Waals surface area contributed by atoms with Crippen LogP contribution in [0.1, 0.15) is 39.7 Å². The summed E-state index contributed by atoms with van der Waals surface area (Å²) in [4.78, 5) is 0. The summed E-state index contributed by atoms with van der Waals surface area (Å²) in [6, 6.07) is 10.8. The van der Waals surface area contributed by atoms with Crippen molar-refractivity contribution in [3.05, 3.63) is 35.9 Å². The Bertz CT molecular complexity index is 308. The van der Waals surface area contributed by atoms with Crippen molar-refractivity contribution in [2.45, 2.75) is 52.3 Å². The predicted molar refractivity (Wildman–Crippen MR) is 73.1 cm³/mol. The number of ether oxygens (including phenoxy) is 1. The minimum atomic E-state index is 0.0320. The van der Waals surface area contributed by atoms with Crippen LogP contribution in [0.25, 0.3) is 0 Å². The van der Waals surface area contributed by atoms with Crippen molar-refractivity contribution in [3.63, 3.8) is 0 Å². The maximum Gasteiger partial charge on any atom is 0.0717 e. The number of hydrogen-bond acceptors (Lipinski definition) is 2. The molecule has 0 saturated carbocycles. The predicted octanol–water partition coefficient (Wildman–Crippen LogP) is 3.37. The van der Waals surface area contributed by atoms with E-state index in [1.807, 2.05) is 18.2 Å². The molecule has 1 atom stereocenters. The Morgan fingerprint density at radius 3 is 2.47 bits per heavy atom. The van der Waals surface area contributed by atoms with Gasteiger partial charge in [0.05, 0.1) is 13.2 Å². The first kappa shape index (κ1) is 14.2. The molecule has 0 aliphatic rings. The van der Waals surface area contributed by atoms with Crippen LogP contribution in [-0.2, 0) is 11.3 Å². The molecule has 1 aromatic carbocycles. The topological polar surface area (TPSA) is 21.3 Å². The second-order valence-electron chi connectivity index (χ2n) is 5.32. The third-order valence-corrected chi connectivity index (χ3v) is 2.82. The molecule has 0 aliphatic heterocycles. The third-order valence-electron chi connectivity index (χ3n) is 2.82. The fourth-order valence-corrected chi connectivity index (χ4v) is 1.81. The van der Waals surface area contributed by atoms with E-state index < -0.39 is 0 Å². The van der Waals surface area contributed by atoms with Gasteiger partial charge in [0.15, 0.2) is 0 Å². The highest BCUT2D eigenvalue weighted by Crippen LogP contribution is 2.08. The molecule has 0 amide bonds. The van der Waals surface area contributed by atoms with Crippen LogP contribution in [0.15, 0.2) is 30.3 Å². The average Bonchev–Trinajstić information content (AvgIpc) is 2.29. The van der Waals surface area contributed by atoms with E-state index in [0.29, 0.717) is 12.6 Å². The van der Waals surface area contributed by atoms with Gasteiger partial charge in [0.25, 0.3) is 0 Å². The molecule has 17 heavy (non-hydrogen) atoms. The molecule has 0 heterocycles. The lowest BCUT2D eigenvalue weighted by atomic mass is 10.0. The van der Waals surface area contributed by atoms with Gasteiger partial charge in [-0.15, -0.1) is 0 Å². The Balaban J connectivity index is 2.30. The molecule has 0 radical (unpaired) electrons. The molecule has 1 N–H and O–H groups in total. The molecule has 1 aromatic rings. The molecule has 0 aliphatic carbocycles. The Kier molecular flexibility index (Phi) is 5.66. The third kappa shape index (κ3) is 5.85. The van der Waals surface area contributed by atoms with Crippen LogP contribution in [0, 0.1) is 0 Å². The summed E-state index contributed by atoms with van der Waals surface area (Å²) < 4.78 is 5.77. The minimum absolute atomic E-state index is 0.0320. The van der Waals surface area contributed by atoms with Gasteiger partial charge in [-0.1, -0.05) is 37.3 Å². The lowest BCUT2D eigenvalue weighted by Crippen LogP contribution is -2.47. The lowest BCUT2D eigenvalue weighted by molar-refractivity contribution is 0.0667. The highest BCUT2D eigenvalue weighted by Gasteiger charge is 2.19. The van der Waals surface area contributed by atoms with Crippen LogP contribution in [0.5, 0.6) is 0 Å². The maximum absolute atomic E-state index is 5.77. The zero-order valence-electron chi connectivity index (χ0n) is 11.5. The van der Waals surface area contributed by atoms with Gasteiger partial charge in [-0.05, 0) is 32.8 Å². The van der Waals surface area contributed by atoms with E-state index in [0.717, 1.165) is 13.0 Å². The molecule has 0 fully saturated rings. The second-order valence-corrected chi connectivity index (χ2v) is 5.32. The summed E-state index contributed by atoms with van der Waals surface area (Å²) in [6.07, 6.45) is 1.14. The van der Waals surface area contributed by atoms with E-state index in [2.05, 4.69) is 45.1 Å². The molecule has 2 heteroatoms. The standard InChI is InChI=1S/C15H25NO/c1-5-13(2)16-15(3,4)12-17-11-14-9-7-6-8-10-14/h6-10,13,16H,5,11-12H2,1-4H3. The zero-order chi connectivity index (χ0) is 12.7. The van der Waals surface area contributed by atoms with Gasteiger partial charge in [-0.3, -0.25) is 0 Å². The molecule has 1 rings (SSSR count). The highest BCUT2D eigenvalue weighted by molar-refractivity contribution is 5.13. The first-order chi connectivity index (χ1) is 8.03. The number of rotatable bonds is 7. The first-order valence-electron chi connectivity index (χ1n) is 6.43. The SMILES string of the molecule is CCC(C)NC(C)(C)COCc1ccccc1. The quantitative estimate of drug-likeness (QED) is 0.782. The van der Waals surface area contributed by atoms with E-state index in [1.165, 1.54) is 5.56 Å². The van der Waals surface area contributed by atoms with Crippen molar-refractivity contribution in [1.82, 2.24) is 5.32 Å². The summed E-state index contributed by atoms with van der Waals surface area (Å²) in [5.74, 6) is 0. The van der Waals surface area contributed by atoms with Crippen LogP contribution in [0.3, 0.4) is 0 Å². The minimum Gasteiger partial charge on any atom is -0.375 e. The number of nitrogens with one attached hydrogen (secondary N) is 1. The smallest absolute Gasteiger partial charge is 0.0717 e. The van der Waals surface area contributed by atoms with Crippen molar-refractivity contribution >= 4 is 0 Å². The molecule has 2 nitrogen and oxygen atoms in total. The largest absolute Gasteiger partial charge is 0.375 e. The van der Waals surface area contributed by atoms with Gasteiger partial charge in [-0.25, -0.2) is 0 Å². The Labute approximate surface area is 105 Å². The summed E-state index contributed by atoms with van der Waals surface area (Å²) in [5, 5.41) is 3.57. The molecule has 0 bridgehead atoms. The normalized spacial score (nSPS) is 13.6. The lowest BCUT2D eigenvalue weighted by Gasteiger charge is -2.29. The van der Waals surface area contributed by atoms with Gasteiger partial charge in [0, 0.05) is 11.6 Å². The van der Waals surface area contributed by atoms with Gasteiger partial charge in [-0.2, -0.15) is 0 Å². The van der Waals surface area contributed by atoms with Gasteiger partial charge in [0.1, 0.15) is 0 Å². The van der Waals surface area contributed by atoms with Crippen molar-refractivity contribution < 1.29 is 4.74 Å². The fourth-order valence-electron chi connectivity index (χ4n) is 1.81. The molecule has 0 saturated heterocycles. The van der Waals surface area contributed by atoms with E-state index in [-0.39, 0.29) is 5.54 Å². The Morgan fingerprint density at radius 1 is 1.24 bits per heavy atom. The number of hydrogen-bond donors (Lipinski definition) is 1. The summed E-state index contributed by atoms with van der Waals surface area (Å²) in [5.41, 5.74) is 1.26. The first-order valence-corrected chi connectivity index (χ1v) is 6.43. The van der Waals surface area contributed by atoms with E-state index in [9.17, 15) is 0 Å². The van der Waals surface area contributed by atoms with Gasteiger partial charge in [0.2, 0.25) is 0 Å². The number of benzene rings is 1. The van der Waals surface area contributed by atoms with Crippen LogP contribution < -0.4 is 5.32 Å². The second kappa shape index (κ2) is 6.77. The summed E-state index contributed by atoms with van der Waals surface area (Å²) >= 11 is 0. The molecular formula is C15H25NO. The fraction of sp³-hybridized carbons (Fsp3) is 0.600. The molecular weight excluding hydrogens is 210 g/mol. The van der Waals surface area contributed by atoms with Crippen LogP contribution in [-0.4, -0.2) is 18.2 Å². The van der Waals surface area contributed by atoms with Crippen molar-refractivity contribution in [2.75, 3.05) is 6.61 Å². The average molecular weight is 235 g/mol. The van der Waals surface area contributed by atoms with Crippen LogP contribution in [0.4, 0.5) is 0 Å².